The van der Waals surface area contributed by atoms with Gasteiger partial charge in [-0.25, -0.2) is 15.0 Å². The lowest BCUT2D eigenvalue weighted by atomic mass is 9.92. The van der Waals surface area contributed by atoms with E-state index < -0.39 is 0 Å². The summed E-state index contributed by atoms with van der Waals surface area (Å²) < 4.78 is 0. The third kappa shape index (κ3) is 6.42. The molecule has 2 heterocycles. The minimum Gasteiger partial charge on any atom is -0.248 e. The molecule has 0 amide bonds. The molecule has 262 valence electrons. The molecular formula is C53H35N3. The maximum absolute atomic E-state index is 5.19. The van der Waals surface area contributed by atoms with Gasteiger partial charge in [-0.05, 0) is 68.4 Å². The molecule has 3 heteroatoms. The van der Waals surface area contributed by atoms with Crippen molar-refractivity contribution < 1.29 is 0 Å². The second-order valence-corrected chi connectivity index (χ2v) is 14.0. The van der Waals surface area contributed by atoms with E-state index in [4.69, 9.17) is 15.0 Å². The van der Waals surface area contributed by atoms with Crippen LogP contribution >= 0.6 is 0 Å². The predicted molar refractivity (Wildman–Crippen MR) is 233 cm³/mol. The SMILES string of the molecule is c1ccc(-c2ccc(-c3cc(-c4ccccc4)nc(-c4ccc(-c5ccc6ccc7nc(-c8ccccc8)cc(-c8ccccc8)c7c6c5)cc4)n3)cc2)cc1. The smallest absolute Gasteiger partial charge is 0.160 e. The topological polar surface area (TPSA) is 38.7 Å². The molecule has 3 nitrogen and oxygen atoms in total. The van der Waals surface area contributed by atoms with E-state index in [1.54, 1.807) is 0 Å². The predicted octanol–water partition coefficient (Wildman–Crippen LogP) is 13.8. The van der Waals surface area contributed by atoms with Crippen molar-refractivity contribution in [2.75, 3.05) is 0 Å². The Kier molecular flexibility index (Phi) is 8.51. The normalized spacial score (nSPS) is 11.2. The minimum absolute atomic E-state index is 0.692. The first-order valence-corrected chi connectivity index (χ1v) is 18.9. The van der Waals surface area contributed by atoms with Gasteiger partial charge in [0.15, 0.2) is 5.82 Å². The summed E-state index contributed by atoms with van der Waals surface area (Å²) in [5.41, 5.74) is 14.9. The zero-order chi connectivity index (χ0) is 37.3. The Bertz CT molecular complexity index is 2960. The van der Waals surface area contributed by atoms with Gasteiger partial charge >= 0.3 is 0 Å². The van der Waals surface area contributed by atoms with E-state index in [2.05, 4.69) is 182 Å². The number of hydrogen-bond donors (Lipinski definition) is 0. The van der Waals surface area contributed by atoms with E-state index in [0.717, 1.165) is 61.4 Å². The van der Waals surface area contributed by atoms with Crippen LogP contribution in [0.25, 0.3) is 100 Å². The molecule has 0 unspecified atom stereocenters. The molecule has 0 spiro atoms. The highest BCUT2D eigenvalue weighted by atomic mass is 14.9. The molecule has 0 saturated carbocycles. The van der Waals surface area contributed by atoms with E-state index >= 15 is 0 Å². The number of nitrogens with zero attached hydrogens (tertiary/aromatic N) is 3. The van der Waals surface area contributed by atoms with Gasteiger partial charge in [-0.2, -0.15) is 0 Å². The van der Waals surface area contributed by atoms with Crippen LogP contribution in [0, 0.1) is 0 Å². The van der Waals surface area contributed by atoms with Gasteiger partial charge in [0.05, 0.1) is 22.6 Å². The Hall–Kier alpha value is -7.49. The maximum Gasteiger partial charge on any atom is 0.160 e. The Balaban J connectivity index is 1.05. The zero-order valence-corrected chi connectivity index (χ0v) is 30.5. The van der Waals surface area contributed by atoms with Crippen molar-refractivity contribution in [3.05, 3.63) is 212 Å². The summed E-state index contributed by atoms with van der Waals surface area (Å²) in [6.45, 7) is 0. The van der Waals surface area contributed by atoms with Crippen LogP contribution in [-0.4, -0.2) is 15.0 Å². The first-order chi connectivity index (χ1) is 27.7. The lowest BCUT2D eigenvalue weighted by Crippen LogP contribution is -1.96. The van der Waals surface area contributed by atoms with Gasteiger partial charge in [0.1, 0.15) is 0 Å². The van der Waals surface area contributed by atoms with Gasteiger partial charge in [0.25, 0.3) is 0 Å². The molecule has 0 bridgehead atoms. The summed E-state index contributed by atoms with van der Waals surface area (Å²) in [5.74, 6) is 0.692. The lowest BCUT2D eigenvalue weighted by Gasteiger charge is -2.14. The van der Waals surface area contributed by atoms with Crippen LogP contribution < -0.4 is 0 Å². The second-order valence-electron chi connectivity index (χ2n) is 14.0. The fourth-order valence-electron chi connectivity index (χ4n) is 7.59. The van der Waals surface area contributed by atoms with Gasteiger partial charge in [-0.1, -0.05) is 188 Å². The molecule has 0 saturated heterocycles. The highest BCUT2D eigenvalue weighted by molar-refractivity contribution is 6.14. The molecule has 10 rings (SSSR count). The van der Waals surface area contributed by atoms with Crippen LogP contribution in [0.1, 0.15) is 0 Å². The first kappa shape index (κ1) is 33.1. The Morgan fingerprint density at radius 3 is 1.27 bits per heavy atom. The third-order valence-corrected chi connectivity index (χ3v) is 10.5. The van der Waals surface area contributed by atoms with Crippen LogP contribution in [0.3, 0.4) is 0 Å². The number of pyridine rings is 1. The van der Waals surface area contributed by atoms with Crippen LogP contribution in [0.5, 0.6) is 0 Å². The number of fused-ring (bicyclic) bond motifs is 3. The van der Waals surface area contributed by atoms with E-state index in [-0.39, 0.29) is 0 Å². The van der Waals surface area contributed by atoms with Crippen molar-refractivity contribution >= 4 is 21.7 Å². The molecule has 8 aromatic carbocycles. The van der Waals surface area contributed by atoms with Crippen molar-refractivity contribution in [3.63, 3.8) is 0 Å². The first-order valence-electron chi connectivity index (χ1n) is 18.9. The fraction of sp³-hybridized carbons (Fsp3) is 0. The molecule has 0 radical (unpaired) electrons. The van der Waals surface area contributed by atoms with E-state index in [0.29, 0.717) is 5.82 Å². The van der Waals surface area contributed by atoms with Crippen molar-refractivity contribution in [1.82, 2.24) is 15.0 Å². The van der Waals surface area contributed by atoms with Gasteiger partial charge in [-0.15, -0.1) is 0 Å². The molecule has 56 heavy (non-hydrogen) atoms. The Labute approximate surface area is 326 Å². The van der Waals surface area contributed by atoms with Crippen LogP contribution in [0.4, 0.5) is 0 Å². The number of benzene rings is 8. The number of hydrogen-bond acceptors (Lipinski definition) is 3. The summed E-state index contributed by atoms with van der Waals surface area (Å²) in [4.78, 5) is 15.4. The van der Waals surface area contributed by atoms with Crippen molar-refractivity contribution in [2.45, 2.75) is 0 Å². The third-order valence-electron chi connectivity index (χ3n) is 10.5. The van der Waals surface area contributed by atoms with Crippen molar-refractivity contribution in [1.29, 1.82) is 0 Å². The molecule has 10 aromatic rings. The fourth-order valence-corrected chi connectivity index (χ4v) is 7.59. The quantitative estimate of drug-likeness (QED) is 0.154. The second kappa shape index (κ2) is 14.4. The molecule has 0 aliphatic heterocycles. The highest BCUT2D eigenvalue weighted by Gasteiger charge is 2.15. The standard InChI is InChI=1S/C53H35N3/c1-5-13-36(14-6-1)37-21-26-43(27-22-37)51-35-50(42-19-11-4-12-20-42)55-53(56-51)44-28-23-38(24-29-44)45-30-25-40-31-32-48-52(46(40)33-45)47(39-15-7-2-8-16-39)34-49(54-48)41-17-9-3-10-18-41/h1-35H. The van der Waals surface area contributed by atoms with Gasteiger partial charge in [-0.3, -0.25) is 0 Å². The lowest BCUT2D eigenvalue weighted by molar-refractivity contribution is 1.18. The largest absolute Gasteiger partial charge is 0.248 e. The van der Waals surface area contributed by atoms with Crippen LogP contribution in [-0.2, 0) is 0 Å². The highest BCUT2D eigenvalue weighted by Crippen LogP contribution is 2.38. The van der Waals surface area contributed by atoms with Gasteiger partial charge < -0.3 is 0 Å². The minimum atomic E-state index is 0.692. The summed E-state index contributed by atoms with van der Waals surface area (Å²) in [6.07, 6.45) is 0. The summed E-state index contributed by atoms with van der Waals surface area (Å²) in [5, 5.41) is 3.51. The molecule has 0 fully saturated rings. The number of aromatic nitrogens is 3. The summed E-state index contributed by atoms with van der Waals surface area (Å²) in [6, 6.07) is 74.5. The monoisotopic (exact) mass is 713 g/mol. The number of rotatable bonds is 7. The van der Waals surface area contributed by atoms with Crippen LogP contribution in [0.15, 0.2) is 212 Å². The molecule has 0 aliphatic carbocycles. The summed E-state index contributed by atoms with van der Waals surface area (Å²) >= 11 is 0. The van der Waals surface area contributed by atoms with E-state index in [1.807, 2.05) is 30.3 Å². The Morgan fingerprint density at radius 1 is 0.268 bits per heavy atom. The Morgan fingerprint density at radius 2 is 0.679 bits per heavy atom. The summed E-state index contributed by atoms with van der Waals surface area (Å²) in [7, 11) is 0. The van der Waals surface area contributed by atoms with Crippen molar-refractivity contribution in [3.8, 4) is 78.5 Å². The van der Waals surface area contributed by atoms with E-state index in [1.165, 1.54) is 33.0 Å². The van der Waals surface area contributed by atoms with Gasteiger partial charge in [0.2, 0.25) is 0 Å². The van der Waals surface area contributed by atoms with Crippen LogP contribution in [0.2, 0.25) is 0 Å². The van der Waals surface area contributed by atoms with Crippen molar-refractivity contribution in [2.24, 2.45) is 0 Å². The van der Waals surface area contributed by atoms with Gasteiger partial charge in [0, 0.05) is 27.6 Å². The average molecular weight is 714 g/mol. The zero-order valence-electron chi connectivity index (χ0n) is 30.5. The van der Waals surface area contributed by atoms with E-state index in [9.17, 15) is 0 Å². The molecular weight excluding hydrogens is 679 g/mol. The maximum atomic E-state index is 5.19. The molecule has 0 atom stereocenters. The molecule has 0 N–H and O–H groups in total. The average Bonchev–Trinajstić information content (AvgIpc) is 3.29. The molecule has 2 aromatic heterocycles. The molecule has 0 aliphatic rings.